The predicted octanol–water partition coefficient (Wildman–Crippen LogP) is 2.67. The second kappa shape index (κ2) is 7.84. The normalized spacial score (nSPS) is 9.83. The van der Waals surface area contributed by atoms with E-state index in [2.05, 4.69) is 10.6 Å². The number of amides is 2. The van der Waals surface area contributed by atoms with E-state index >= 15 is 0 Å². The zero-order valence-electron chi connectivity index (χ0n) is 13.0. The average Bonchev–Trinajstić information content (AvgIpc) is 2.55. The van der Waals surface area contributed by atoms with Crippen molar-refractivity contribution in [3.8, 4) is 11.5 Å². The van der Waals surface area contributed by atoms with E-state index in [1.165, 1.54) is 7.11 Å². The number of hydrogen-bond donors (Lipinski definition) is 2. The van der Waals surface area contributed by atoms with Gasteiger partial charge in [-0.25, -0.2) is 0 Å². The van der Waals surface area contributed by atoms with Gasteiger partial charge in [-0.1, -0.05) is 18.2 Å². The maximum absolute atomic E-state index is 12.0. The Morgan fingerprint density at radius 1 is 0.913 bits per heavy atom. The second-order valence-corrected chi connectivity index (χ2v) is 4.71. The molecule has 120 valence electrons. The number of rotatable bonds is 6. The molecule has 0 aromatic heterocycles. The third kappa shape index (κ3) is 4.74. The van der Waals surface area contributed by atoms with Crippen molar-refractivity contribution in [3.05, 3.63) is 48.5 Å². The van der Waals surface area contributed by atoms with Gasteiger partial charge in [0.15, 0.2) is 0 Å². The van der Waals surface area contributed by atoms with Gasteiger partial charge in [0.05, 0.1) is 19.9 Å². The van der Waals surface area contributed by atoms with Gasteiger partial charge in [0.25, 0.3) is 0 Å². The van der Waals surface area contributed by atoms with Crippen LogP contribution in [0.15, 0.2) is 48.5 Å². The van der Waals surface area contributed by atoms with Gasteiger partial charge in [-0.2, -0.15) is 0 Å². The maximum Gasteiger partial charge on any atom is 0.233 e. The van der Waals surface area contributed by atoms with Crippen molar-refractivity contribution in [1.29, 1.82) is 0 Å². The lowest BCUT2D eigenvalue weighted by molar-refractivity contribution is -0.123. The van der Waals surface area contributed by atoms with Crippen LogP contribution in [0.2, 0.25) is 0 Å². The predicted molar refractivity (Wildman–Crippen MR) is 87.9 cm³/mol. The Kier molecular flexibility index (Phi) is 5.57. The van der Waals surface area contributed by atoms with Crippen molar-refractivity contribution in [3.63, 3.8) is 0 Å². The number of ether oxygens (including phenoxy) is 2. The van der Waals surface area contributed by atoms with E-state index < -0.39 is 5.91 Å². The highest BCUT2D eigenvalue weighted by molar-refractivity contribution is 6.08. The number of carbonyl (C=O) groups excluding carboxylic acids is 2. The molecule has 0 bridgehead atoms. The lowest BCUT2D eigenvalue weighted by Gasteiger charge is -2.11. The topological polar surface area (TPSA) is 76.7 Å². The number of hydrogen-bond acceptors (Lipinski definition) is 4. The second-order valence-electron chi connectivity index (χ2n) is 4.71. The molecule has 2 aromatic rings. The van der Waals surface area contributed by atoms with Crippen molar-refractivity contribution in [2.45, 2.75) is 6.42 Å². The maximum atomic E-state index is 12.0. The molecule has 0 fully saturated rings. The molecule has 6 nitrogen and oxygen atoms in total. The lowest BCUT2D eigenvalue weighted by atomic mass is 10.2. The number of anilines is 2. The molecule has 0 unspecified atom stereocenters. The van der Waals surface area contributed by atoms with Crippen LogP contribution in [-0.2, 0) is 9.59 Å². The summed E-state index contributed by atoms with van der Waals surface area (Å²) in [5, 5.41) is 5.30. The number of methoxy groups -OCH3 is 2. The molecule has 0 radical (unpaired) electrons. The summed E-state index contributed by atoms with van der Waals surface area (Å²) in [7, 11) is 3.04. The fourth-order valence-electron chi connectivity index (χ4n) is 1.97. The first-order valence-electron chi connectivity index (χ1n) is 6.99. The van der Waals surface area contributed by atoms with Gasteiger partial charge in [-0.05, 0) is 24.3 Å². The summed E-state index contributed by atoms with van der Waals surface area (Å²) in [6.07, 6.45) is -0.288. The van der Waals surface area contributed by atoms with Gasteiger partial charge >= 0.3 is 0 Å². The minimum atomic E-state index is -0.429. The van der Waals surface area contributed by atoms with E-state index in [0.29, 0.717) is 22.9 Å². The standard InChI is InChI=1S/C17H18N2O4/c1-22-13-8-9-14(15(10-13)23-2)19-17(21)11-16(20)18-12-6-4-3-5-7-12/h3-10H,11H2,1-2H3,(H,18,20)(H,19,21). The number of nitrogens with one attached hydrogen (secondary N) is 2. The number of benzene rings is 2. The summed E-state index contributed by atoms with van der Waals surface area (Å²) in [5.41, 5.74) is 1.12. The first-order valence-corrected chi connectivity index (χ1v) is 6.99. The smallest absolute Gasteiger partial charge is 0.233 e. The lowest BCUT2D eigenvalue weighted by Crippen LogP contribution is -2.21. The van der Waals surface area contributed by atoms with Gasteiger partial charge in [-0.15, -0.1) is 0 Å². The Morgan fingerprint density at radius 3 is 2.26 bits per heavy atom. The highest BCUT2D eigenvalue weighted by Gasteiger charge is 2.13. The summed E-state index contributed by atoms with van der Waals surface area (Å²) in [6, 6.07) is 14.0. The molecular formula is C17H18N2O4. The largest absolute Gasteiger partial charge is 0.497 e. The Hall–Kier alpha value is -3.02. The van der Waals surface area contributed by atoms with Gasteiger partial charge in [0.2, 0.25) is 11.8 Å². The van der Waals surface area contributed by atoms with Crippen LogP contribution < -0.4 is 20.1 Å². The Morgan fingerprint density at radius 2 is 1.61 bits per heavy atom. The van der Waals surface area contributed by atoms with E-state index in [9.17, 15) is 9.59 Å². The van der Waals surface area contributed by atoms with Crippen LogP contribution in [0.25, 0.3) is 0 Å². The summed E-state index contributed by atoms with van der Waals surface area (Å²) in [4.78, 5) is 23.8. The molecule has 0 saturated heterocycles. The summed E-state index contributed by atoms with van der Waals surface area (Å²) in [5.74, 6) is 0.255. The fraction of sp³-hybridized carbons (Fsp3) is 0.176. The van der Waals surface area contributed by atoms with Crippen molar-refractivity contribution in [2.75, 3.05) is 24.9 Å². The highest BCUT2D eigenvalue weighted by Crippen LogP contribution is 2.29. The zero-order valence-corrected chi connectivity index (χ0v) is 13.0. The highest BCUT2D eigenvalue weighted by atomic mass is 16.5. The Balaban J connectivity index is 1.95. The van der Waals surface area contributed by atoms with Gasteiger partial charge in [0.1, 0.15) is 17.9 Å². The van der Waals surface area contributed by atoms with Crippen molar-refractivity contribution in [2.24, 2.45) is 0 Å². The number of para-hydroxylation sites is 1. The van der Waals surface area contributed by atoms with E-state index in [1.807, 2.05) is 6.07 Å². The molecule has 0 spiro atoms. The van der Waals surface area contributed by atoms with Crippen molar-refractivity contribution in [1.82, 2.24) is 0 Å². The average molecular weight is 314 g/mol. The van der Waals surface area contributed by atoms with Crippen LogP contribution in [0.5, 0.6) is 11.5 Å². The molecular weight excluding hydrogens is 296 g/mol. The molecule has 23 heavy (non-hydrogen) atoms. The first-order chi connectivity index (χ1) is 11.1. The van der Waals surface area contributed by atoms with Crippen LogP contribution in [0.1, 0.15) is 6.42 Å². The minimum Gasteiger partial charge on any atom is -0.497 e. The van der Waals surface area contributed by atoms with E-state index in [-0.39, 0.29) is 12.3 Å². The van der Waals surface area contributed by atoms with Crippen LogP contribution in [-0.4, -0.2) is 26.0 Å². The van der Waals surface area contributed by atoms with Crippen LogP contribution >= 0.6 is 0 Å². The molecule has 0 atom stereocenters. The summed E-state index contributed by atoms with van der Waals surface area (Å²) >= 11 is 0. The molecule has 6 heteroatoms. The van der Waals surface area contributed by atoms with Crippen LogP contribution in [0.4, 0.5) is 11.4 Å². The Labute approximate surface area is 134 Å². The monoisotopic (exact) mass is 314 g/mol. The first kappa shape index (κ1) is 16.4. The van der Waals surface area contributed by atoms with Gasteiger partial charge in [-0.3, -0.25) is 9.59 Å². The molecule has 0 aliphatic rings. The van der Waals surface area contributed by atoms with E-state index in [1.54, 1.807) is 49.6 Å². The molecule has 0 saturated carbocycles. The minimum absolute atomic E-state index is 0.288. The number of carbonyl (C=O) groups is 2. The summed E-state index contributed by atoms with van der Waals surface area (Å²) < 4.78 is 10.3. The zero-order chi connectivity index (χ0) is 16.7. The molecule has 2 aromatic carbocycles. The molecule has 0 aliphatic heterocycles. The fourth-order valence-corrected chi connectivity index (χ4v) is 1.97. The van der Waals surface area contributed by atoms with E-state index in [0.717, 1.165) is 0 Å². The molecule has 2 rings (SSSR count). The Bertz CT molecular complexity index is 686. The molecule has 0 aliphatic carbocycles. The van der Waals surface area contributed by atoms with Crippen molar-refractivity contribution < 1.29 is 19.1 Å². The molecule has 2 amide bonds. The van der Waals surface area contributed by atoms with E-state index in [4.69, 9.17) is 9.47 Å². The third-order valence-electron chi connectivity index (χ3n) is 3.06. The molecule has 2 N–H and O–H groups in total. The van der Waals surface area contributed by atoms with Crippen LogP contribution in [0, 0.1) is 0 Å². The summed E-state index contributed by atoms with van der Waals surface area (Å²) in [6.45, 7) is 0. The van der Waals surface area contributed by atoms with Gasteiger partial charge < -0.3 is 20.1 Å². The third-order valence-corrected chi connectivity index (χ3v) is 3.06. The SMILES string of the molecule is COc1ccc(NC(=O)CC(=O)Nc2ccccc2)c(OC)c1. The van der Waals surface area contributed by atoms with Crippen LogP contribution in [0.3, 0.4) is 0 Å². The van der Waals surface area contributed by atoms with Crippen molar-refractivity contribution >= 4 is 23.2 Å². The quantitative estimate of drug-likeness (QED) is 0.804. The molecule has 0 heterocycles. The van der Waals surface area contributed by atoms with Gasteiger partial charge in [0, 0.05) is 11.8 Å².